The highest BCUT2D eigenvalue weighted by molar-refractivity contribution is 5.96. The van der Waals surface area contributed by atoms with E-state index in [9.17, 15) is 9.59 Å². The first-order valence-corrected chi connectivity index (χ1v) is 7.33. The lowest BCUT2D eigenvalue weighted by Gasteiger charge is -2.41. The number of hydrogen-bond acceptors (Lipinski definition) is 2. The molecule has 0 aliphatic carbocycles. The van der Waals surface area contributed by atoms with E-state index in [1.54, 1.807) is 11.8 Å². The molecule has 1 atom stereocenters. The Bertz CT molecular complexity index is 553. The van der Waals surface area contributed by atoms with Crippen molar-refractivity contribution in [2.45, 2.75) is 33.1 Å². The summed E-state index contributed by atoms with van der Waals surface area (Å²) >= 11 is 0. The molecule has 1 aliphatic heterocycles. The van der Waals surface area contributed by atoms with Crippen molar-refractivity contribution < 1.29 is 14.7 Å². The molecule has 4 heteroatoms. The topological polar surface area (TPSA) is 57.6 Å². The van der Waals surface area contributed by atoms with Crippen LogP contribution in [0.3, 0.4) is 0 Å². The van der Waals surface area contributed by atoms with Crippen LogP contribution in [0.2, 0.25) is 0 Å². The maximum Gasteiger partial charge on any atom is 0.306 e. The number of hydrogen-bond donors (Lipinski definition) is 1. The van der Waals surface area contributed by atoms with Crippen molar-refractivity contribution in [3.8, 4) is 0 Å². The van der Waals surface area contributed by atoms with Crippen LogP contribution in [0, 0.1) is 11.8 Å². The van der Waals surface area contributed by atoms with Gasteiger partial charge in [-0.2, -0.15) is 0 Å². The number of carboxylic acids is 1. The molecule has 1 heterocycles. The van der Waals surface area contributed by atoms with Gasteiger partial charge in [0.05, 0.1) is 5.92 Å². The van der Waals surface area contributed by atoms with Crippen LogP contribution in [0.1, 0.15) is 43.6 Å². The zero-order valence-electron chi connectivity index (χ0n) is 13.1. The SMILES string of the molecule is CC(C(=O)O)C1CN(C(=O)c2ccccc2C(C)(C)C)C1. The minimum absolute atomic E-state index is 0.00867. The molecule has 1 aromatic rings. The predicted molar refractivity (Wildman–Crippen MR) is 81.3 cm³/mol. The molecule has 2 rings (SSSR count). The van der Waals surface area contributed by atoms with E-state index in [0.717, 1.165) is 11.1 Å². The molecule has 1 N–H and O–H groups in total. The first-order valence-electron chi connectivity index (χ1n) is 7.33. The maximum absolute atomic E-state index is 12.6. The van der Waals surface area contributed by atoms with E-state index >= 15 is 0 Å². The molecule has 21 heavy (non-hydrogen) atoms. The highest BCUT2D eigenvalue weighted by Crippen LogP contribution is 2.30. The van der Waals surface area contributed by atoms with Crippen LogP contribution in [-0.4, -0.2) is 35.0 Å². The van der Waals surface area contributed by atoms with Crippen LogP contribution in [-0.2, 0) is 10.2 Å². The van der Waals surface area contributed by atoms with E-state index in [2.05, 4.69) is 20.8 Å². The first-order chi connectivity index (χ1) is 9.71. The molecule has 4 nitrogen and oxygen atoms in total. The van der Waals surface area contributed by atoms with Gasteiger partial charge in [-0.3, -0.25) is 9.59 Å². The van der Waals surface area contributed by atoms with Crippen molar-refractivity contribution in [3.05, 3.63) is 35.4 Å². The highest BCUT2D eigenvalue weighted by Gasteiger charge is 2.38. The van der Waals surface area contributed by atoms with Gasteiger partial charge in [0.25, 0.3) is 5.91 Å². The summed E-state index contributed by atoms with van der Waals surface area (Å²) in [5.41, 5.74) is 1.67. The quantitative estimate of drug-likeness (QED) is 0.931. The van der Waals surface area contributed by atoms with Gasteiger partial charge in [0.2, 0.25) is 0 Å². The maximum atomic E-state index is 12.6. The van der Waals surface area contributed by atoms with Crippen LogP contribution in [0.15, 0.2) is 24.3 Å². The standard InChI is InChI=1S/C17H23NO3/c1-11(16(20)21)12-9-18(10-12)15(19)13-7-5-6-8-14(13)17(2,3)4/h5-8,11-12H,9-10H2,1-4H3,(H,20,21). The molecule has 1 aromatic carbocycles. The van der Waals surface area contributed by atoms with E-state index in [1.165, 1.54) is 0 Å². The van der Waals surface area contributed by atoms with Gasteiger partial charge in [0.15, 0.2) is 0 Å². The molecule has 0 saturated carbocycles. The number of carboxylic acid groups (broad SMARTS) is 1. The molecule has 0 spiro atoms. The average molecular weight is 289 g/mol. The molecular weight excluding hydrogens is 266 g/mol. The van der Waals surface area contributed by atoms with Crippen molar-refractivity contribution in [1.29, 1.82) is 0 Å². The van der Waals surface area contributed by atoms with Gasteiger partial charge < -0.3 is 10.0 Å². The third-order valence-corrected chi connectivity index (χ3v) is 4.26. The Balaban J connectivity index is 2.12. The molecule has 1 aliphatic rings. The van der Waals surface area contributed by atoms with E-state index in [-0.39, 0.29) is 17.2 Å². The summed E-state index contributed by atoms with van der Waals surface area (Å²) in [7, 11) is 0. The second kappa shape index (κ2) is 5.51. The van der Waals surface area contributed by atoms with Crippen molar-refractivity contribution in [2.24, 2.45) is 11.8 Å². The second-order valence-electron chi connectivity index (χ2n) is 6.89. The van der Waals surface area contributed by atoms with E-state index in [4.69, 9.17) is 5.11 Å². The summed E-state index contributed by atoms with van der Waals surface area (Å²) in [4.78, 5) is 25.3. The first kappa shape index (κ1) is 15.5. The minimum atomic E-state index is -0.790. The van der Waals surface area contributed by atoms with Gasteiger partial charge in [-0.1, -0.05) is 45.9 Å². The number of likely N-dealkylation sites (tertiary alicyclic amines) is 1. The smallest absolute Gasteiger partial charge is 0.306 e. The number of nitrogens with zero attached hydrogens (tertiary/aromatic N) is 1. The zero-order chi connectivity index (χ0) is 15.8. The molecule has 0 bridgehead atoms. The fourth-order valence-electron chi connectivity index (χ4n) is 2.69. The number of amides is 1. The third kappa shape index (κ3) is 3.09. The number of rotatable bonds is 3. The highest BCUT2D eigenvalue weighted by atomic mass is 16.4. The average Bonchev–Trinajstić information content (AvgIpc) is 2.35. The summed E-state index contributed by atoms with van der Waals surface area (Å²) in [6, 6.07) is 7.67. The number of aliphatic carboxylic acids is 1. The number of carbonyl (C=O) groups excluding carboxylic acids is 1. The molecule has 1 unspecified atom stereocenters. The van der Waals surface area contributed by atoms with Gasteiger partial charge in [-0.25, -0.2) is 0 Å². The Kier molecular flexibility index (Phi) is 4.08. The second-order valence-corrected chi connectivity index (χ2v) is 6.89. The summed E-state index contributed by atoms with van der Waals surface area (Å²) in [5.74, 6) is -1.11. The molecular formula is C17H23NO3. The third-order valence-electron chi connectivity index (χ3n) is 4.26. The molecule has 0 radical (unpaired) electrons. The molecule has 1 amide bonds. The fraction of sp³-hybridized carbons (Fsp3) is 0.529. The van der Waals surface area contributed by atoms with Crippen LogP contribution in [0.4, 0.5) is 0 Å². The Morgan fingerprint density at radius 1 is 1.24 bits per heavy atom. The largest absolute Gasteiger partial charge is 0.481 e. The fourth-order valence-corrected chi connectivity index (χ4v) is 2.69. The predicted octanol–water partition coefficient (Wildman–Crippen LogP) is 2.78. The van der Waals surface area contributed by atoms with Crippen molar-refractivity contribution >= 4 is 11.9 Å². The van der Waals surface area contributed by atoms with E-state index in [1.807, 2.05) is 24.3 Å². The van der Waals surface area contributed by atoms with Crippen molar-refractivity contribution in [1.82, 2.24) is 4.90 Å². The molecule has 0 aromatic heterocycles. The van der Waals surface area contributed by atoms with Gasteiger partial charge in [-0.05, 0) is 17.0 Å². The Labute approximate surface area is 125 Å². The van der Waals surface area contributed by atoms with Gasteiger partial charge >= 0.3 is 5.97 Å². The summed E-state index contributed by atoms with van der Waals surface area (Å²) in [6.07, 6.45) is 0. The van der Waals surface area contributed by atoms with Crippen LogP contribution in [0.5, 0.6) is 0 Å². The van der Waals surface area contributed by atoms with E-state index in [0.29, 0.717) is 13.1 Å². The monoisotopic (exact) mass is 289 g/mol. The lowest BCUT2D eigenvalue weighted by atomic mass is 9.82. The van der Waals surface area contributed by atoms with Gasteiger partial charge in [0, 0.05) is 24.6 Å². The Morgan fingerprint density at radius 3 is 2.33 bits per heavy atom. The van der Waals surface area contributed by atoms with Crippen LogP contribution >= 0.6 is 0 Å². The molecule has 1 saturated heterocycles. The number of benzene rings is 1. The Hall–Kier alpha value is -1.84. The van der Waals surface area contributed by atoms with Crippen LogP contribution in [0.25, 0.3) is 0 Å². The van der Waals surface area contributed by atoms with Crippen molar-refractivity contribution in [3.63, 3.8) is 0 Å². The zero-order valence-corrected chi connectivity index (χ0v) is 13.1. The van der Waals surface area contributed by atoms with Crippen molar-refractivity contribution in [2.75, 3.05) is 13.1 Å². The van der Waals surface area contributed by atoms with E-state index < -0.39 is 11.9 Å². The minimum Gasteiger partial charge on any atom is -0.481 e. The normalized spacial score (nSPS) is 17.2. The summed E-state index contributed by atoms with van der Waals surface area (Å²) in [5, 5.41) is 9.01. The lowest BCUT2D eigenvalue weighted by Crippen LogP contribution is -2.53. The van der Waals surface area contributed by atoms with Gasteiger partial charge in [0.1, 0.15) is 0 Å². The lowest BCUT2D eigenvalue weighted by molar-refractivity contribution is -0.144. The summed E-state index contributed by atoms with van der Waals surface area (Å²) in [6.45, 7) is 9.03. The molecule has 114 valence electrons. The Morgan fingerprint density at radius 2 is 1.81 bits per heavy atom. The van der Waals surface area contributed by atoms with Gasteiger partial charge in [-0.15, -0.1) is 0 Å². The van der Waals surface area contributed by atoms with Crippen LogP contribution < -0.4 is 0 Å². The number of carbonyl (C=O) groups is 2. The molecule has 1 fully saturated rings. The summed E-state index contributed by atoms with van der Waals surface area (Å²) < 4.78 is 0.